The van der Waals surface area contributed by atoms with Crippen LogP contribution in [0.25, 0.3) is 0 Å². The number of hydrogen-bond donors (Lipinski definition) is 1. The standard InChI is InChI=1S/C7H14N4O2S/c1-2-14(12,13)5-3-4-11-6-7(8)9-10-11/h6H,2-5,8H2,1H3. The van der Waals surface area contributed by atoms with Crippen LogP contribution < -0.4 is 5.73 Å². The third-order valence-electron chi connectivity index (χ3n) is 1.84. The second kappa shape index (κ2) is 4.41. The van der Waals surface area contributed by atoms with Gasteiger partial charge in [-0.25, -0.2) is 8.42 Å². The molecular formula is C7H14N4O2S. The van der Waals surface area contributed by atoms with Crippen molar-refractivity contribution in [1.82, 2.24) is 15.0 Å². The molecule has 1 aromatic heterocycles. The SMILES string of the molecule is CCS(=O)(=O)CCCn1cc(N)nn1. The monoisotopic (exact) mass is 218 g/mol. The normalized spacial score (nSPS) is 11.8. The molecule has 0 unspecified atom stereocenters. The highest BCUT2D eigenvalue weighted by Crippen LogP contribution is 1.98. The lowest BCUT2D eigenvalue weighted by Gasteiger charge is -2.00. The smallest absolute Gasteiger partial charge is 0.165 e. The summed E-state index contributed by atoms with van der Waals surface area (Å²) in [6.07, 6.45) is 2.12. The third kappa shape index (κ3) is 3.33. The summed E-state index contributed by atoms with van der Waals surface area (Å²) in [6, 6.07) is 0. The first-order chi connectivity index (χ1) is 6.53. The molecule has 0 saturated carbocycles. The van der Waals surface area contributed by atoms with Gasteiger partial charge in [0.1, 0.15) is 9.84 Å². The molecule has 0 fully saturated rings. The van der Waals surface area contributed by atoms with E-state index in [9.17, 15) is 8.42 Å². The minimum Gasteiger partial charge on any atom is -0.381 e. The molecule has 1 aromatic rings. The molecular weight excluding hydrogens is 204 g/mol. The minimum atomic E-state index is -2.88. The Labute approximate surface area is 83.0 Å². The quantitative estimate of drug-likeness (QED) is 0.731. The third-order valence-corrected chi connectivity index (χ3v) is 3.63. The van der Waals surface area contributed by atoms with Crippen LogP contribution in [0.5, 0.6) is 0 Å². The topological polar surface area (TPSA) is 90.9 Å². The zero-order valence-corrected chi connectivity index (χ0v) is 8.87. The van der Waals surface area contributed by atoms with Gasteiger partial charge in [-0.2, -0.15) is 0 Å². The maximum absolute atomic E-state index is 11.1. The van der Waals surface area contributed by atoms with Gasteiger partial charge in [0, 0.05) is 12.3 Å². The Bertz CT molecular complexity index is 384. The molecule has 0 aliphatic carbocycles. The van der Waals surface area contributed by atoms with E-state index in [0.29, 0.717) is 18.8 Å². The molecule has 14 heavy (non-hydrogen) atoms. The summed E-state index contributed by atoms with van der Waals surface area (Å²) in [6.45, 7) is 2.17. The van der Waals surface area contributed by atoms with E-state index in [0.717, 1.165) is 0 Å². The highest BCUT2D eigenvalue weighted by atomic mass is 32.2. The lowest BCUT2D eigenvalue weighted by atomic mass is 10.5. The van der Waals surface area contributed by atoms with Crippen LogP contribution >= 0.6 is 0 Å². The zero-order valence-electron chi connectivity index (χ0n) is 8.05. The van der Waals surface area contributed by atoms with E-state index in [1.54, 1.807) is 17.8 Å². The highest BCUT2D eigenvalue weighted by molar-refractivity contribution is 7.91. The first-order valence-corrected chi connectivity index (χ1v) is 6.21. The van der Waals surface area contributed by atoms with E-state index in [2.05, 4.69) is 10.3 Å². The lowest BCUT2D eigenvalue weighted by Crippen LogP contribution is -2.11. The van der Waals surface area contributed by atoms with E-state index >= 15 is 0 Å². The van der Waals surface area contributed by atoms with Gasteiger partial charge in [0.2, 0.25) is 0 Å². The number of nitrogens with zero attached hydrogens (tertiary/aromatic N) is 3. The van der Waals surface area contributed by atoms with Crippen molar-refractivity contribution in [2.24, 2.45) is 0 Å². The molecule has 0 aliphatic rings. The summed E-state index contributed by atoms with van der Waals surface area (Å²) in [5.41, 5.74) is 5.35. The van der Waals surface area contributed by atoms with Gasteiger partial charge in [-0.05, 0) is 6.42 Å². The number of sulfone groups is 1. The molecule has 0 aromatic carbocycles. The molecule has 0 radical (unpaired) electrons. The van der Waals surface area contributed by atoms with E-state index in [-0.39, 0.29) is 11.5 Å². The molecule has 6 nitrogen and oxygen atoms in total. The summed E-state index contributed by atoms with van der Waals surface area (Å²) in [7, 11) is -2.88. The zero-order chi connectivity index (χ0) is 10.6. The van der Waals surface area contributed by atoms with Crippen molar-refractivity contribution in [3.8, 4) is 0 Å². The second-order valence-electron chi connectivity index (χ2n) is 3.00. The van der Waals surface area contributed by atoms with Gasteiger partial charge in [0.15, 0.2) is 5.82 Å². The van der Waals surface area contributed by atoms with Crippen LogP contribution in [-0.2, 0) is 16.4 Å². The van der Waals surface area contributed by atoms with Crippen molar-refractivity contribution in [3.05, 3.63) is 6.20 Å². The number of aryl methyl sites for hydroxylation is 1. The van der Waals surface area contributed by atoms with Crippen LogP contribution in [0.15, 0.2) is 6.20 Å². The number of nitrogens with two attached hydrogens (primary N) is 1. The van der Waals surface area contributed by atoms with Crippen LogP contribution in [0.3, 0.4) is 0 Å². The average molecular weight is 218 g/mol. The van der Waals surface area contributed by atoms with E-state index < -0.39 is 9.84 Å². The summed E-state index contributed by atoms with van der Waals surface area (Å²) in [5, 5.41) is 7.30. The Morgan fingerprint density at radius 1 is 1.57 bits per heavy atom. The van der Waals surface area contributed by atoms with Gasteiger partial charge in [0.25, 0.3) is 0 Å². The minimum absolute atomic E-state index is 0.184. The predicted octanol–water partition coefficient (Wildman–Crippen LogP) is -0.315. The van der Waals surface area contributed by atoms with Crippen molar-refractivity contribution in [1.29, 1.82) is 0 Å². The van der Waals surface area contributed by atoms with Gasteiger partial charge >= 0.3 is 0 Å². The van der Waals surface area contributed by atoms with Crippen LogP contribution in [0.2, 0.25) is 0 Å². The molecule has 2 N–H and O–H groups in total. The first kappa shape index (κ1) is 11.0. The van der Waals surface area contributed by atoms with E-state index in [1.165, 1.54) is 0 Å². The molecule has 0 spiro atoms. The fourth-order valence-corrected chi connectivity index (χ4v) is 1.87. The Morgan fingerprint density at radius 3 is 2.79 bits per heavy atom. The fourth-order valence-electron chi connectivity index (χ4n) is 1.01. The first-order valence-electron chi connectivity index (χ1n) is 4.39. The molecule has 0 saturated heterocycles. The van der Waals surface area contributed by atoms with Crippen LogP contribution in [0.1, 0.15) is 13.3 Å². The van der Waals surface area contributed by atoms with Gasteiger partial charge in [-0.3, -0.25) is 4.68 Å². The van der Waals surface area contributed by atoms with E-state index in [1.807, 2.05) is 0 Å². The van der Waals surface area contributed by atoms with E-state index in [4.69, 9.17) is 5.73 Å². The van der Waals surface area contributed by atoms with Crippen LogP contribution in [0.4, 0.5) is 5.82 Å². The van der Waals surface area contributed by atoms with Crippen molar-refractivity contribution >= 4 is 15.7 Å². The number of anilines is 1. The molecule has 0 amide bonds. The van der Waals surface area contributed by atoms with Gasteiger partial charge in [-0.1, -0.05) is 12.1 Å². The van der Waals surface area contributed by atoms with Gasteiger partial charge in [0.05, 0.1) is 11.9 Å². The fraction of sp³-hybridized carbons (Fsp3) is 0.714. The largest absolute Gasteiger partial charge is 0.381 e. The predicted molar refractivity (Wildman–Crippen MR) is 53.4 cm³/mol. The number of rotatable bonds is 5. The number of hydrogen-bond acceptors (Lipinski definition) is 5. The van der Waals surface area contributed by atoms with Crippen molar-refractivity contribution < 1.29 is 8.42 Å². The van der Waals surface area contributed by atoms with Crippen molar-refractivity contribution in [3.63, 3.8) is 0 Å². The summed E-state index contributed by atoms with van der Waals surface area (Å²) in [4.78, 5) is 0. The summed E-state index contributed by atoms with van der Waals surface area (Å²) >= 11 is 0. The summed E-state index contributed by atoms with van der Waals surface area (Å²) in [5.74, 6) is 0.721. The Hall–Kier alpha value is -1.11. The second-order valence-corrected chi connectivity index (χ2v) is 5.47. The summed E-state index contributed by atoms with van der Waals surface area (Å²) < 4.78 is 23.8. The van der Waals surface area contributed by atoms with Crippen molar-refractivity contribution in [2.45, 2.75) is 19.9 Å². The maximum Gasteiger partial charge on any atom is 0.165 e. The lowest BCUT2D eigenvalue weighted by molar-refractivity contribution is 0.562. The average Bonchev–Trinajstić information content (AvgIpc) is 2.51. The molecule has 7 heteroatoms. The molecule has 1 heterocycles. The molecule has 80 valence electrons. The number of nitrogen functional groups attached to an aromatic ring is 1. The Balaban J connectivity index is 2.36. The van der Waals surface area contributed by atoms with Crippen LogP contribution in [-0.4, -0.2) is 34.9 Å². The van der Waals surface area contributed by atoms with Gasteiger partial charge < -0.3 is 5.73 Å². The Kier molecular flexibility index (Phi) is 3.45. The Morgan fingerprint density at radius 2 is 2.29 bits per heavy atom. The molecule has 0 aliphatic heterocycles. The maximum atomic E-state index is 11.1. The highest BCUT2D eigenvalue weighted by Gasteiger charge is 2.06. The molecule has 0 atom stereocenters. The molecule has 1 rings (SSSR count). The van der Waals surface area contributed by atoms with Crippen LogP contribution in [0, 0.1) is 0 Å². The molecule has 0 bridgehead atoms. The van der Waals surface area contributed by atoms with Crippen molar-refractivity contribution in [2.75, 3.05) is 17.2 Å². The number of aromatic nitrogens is 3. The van der Waals surface area contributed by atoms with Gasteiger partial charge in [-0.15, -0.1) is 5.10 Å².